The Labute approximate surface area is 232 Å². The van der Waals surface area contributed by atoms with Crippen molar-refractivity contribution >= 4 is 11.7 Å². The fourth-order valence-corrected chi connectivity index (χ4v) is 5.05. The summed E-state index contributed by atoms with van der Waals surface area (Å²) in [4.78, 5) is 14.8. The van der Waals surface area contributed by atoms with E-state index in [9.17, 15) is 18.0 Å². The number of nitrogen functional groups attached to an aromatic ring is 1. The van der Waals surface area contributed by atoms with E-state index in [1.54, 1.807) is 32.1 Å². The van der Waals surface area contributed by atoms with E-state index >= 15 is 0 Å². The summed E-state index contributed by atoms with van der Waals surface area (Å²) in [6.07, 6.45) is -3.33. The highest BCUT2D eigenvalue weighted by Crippen LogP contribution is 2.43. The molecular weight excluding hydrogens is 523 g/mol. The van der Waals surface area contributed by atoms with Crippen LogP contribution in [-0.2, 0) is 19.0 Å². The summed E-state index contributed by atoms with van der Waals surface area (Å²) >= 11 is 0. The molecule has 0 spiro atoms. The number of halogens is 3. The number of nitrogens with two attached hydrogens (primary N) is 1. The molecule has 10 heteroatoms. The topological polar surface area (TPSA) is 86.1 Å². The van der Waals surface area contributed by atoms with Crippen molar-refractivity contribution in [2.45, 2.75) is 38.9 Å². The molecule has 40 heavy (non-hydrogen) atoms. The number of hydrogen-bond donors (Lipinski definition) is 2. The Kier molecular flexibility index (Phi) is 8.66. The zero-order valence-corrected chi connectivity index (χ0v) is 23.0. The fraction of sp³-hybridized carbons (Fsp3) is 0.367. The first-order valence-electron chi connectivity index (χ1n) is 13.1. The average Bonchev–Trinajstić information content (AvgIpc) is 2.92. The summed E-state index contributed by atoms with van der Waals surface area (Å²) in [5.74, 6) is 1.61. The first-order valence-corrected chi connectivity index (χ1v) is 13.1. The largest absolute Gasteiger partial charge is 0.495 e. The standard InChI is InChI=1S/C30H34F3N3O4/c1-5-35-29(37)36-12-10-20-16-26(39-4)27(40-13-11-19-6-9-24(34)25(15-19)38-3)17-23(20)28(36)22-8-7-21(14-18(22)2)30(31,32)33/h6-9,14-17,28H,5,10-13,34H2,1-4H3,(H,35,37). The van der Waals surface area contributed by atoms with Crippen LogP contribution in [0.1, 0.15) is 46.3 Å². The number of carbonyl (C=O) groups is 1. The second kappa shape index (κ2) is 12.0. The molecule has 1 heterocycles. The predicted octanol–water partition coefficient (Wildman–Crippen LogP) is 5.91. The van der Waals surface area contributed by atoms with E-state index in [-0.39, 0.29) is 6.03 Å². The van der Waals surface area contributed by atoms with Gasteiger partial charge in [0.1, 0.15) is 5.75 Å². The molecule has 1 unspecified atom stereocenters. The van der Waals surface area contributed by atoms with Crippen molar-refractivity contribution in [2.75, 3.05) is 39.6 Å². The molecule has 0 saturated carbocycles. The second-order valence-electron chi connectivity index (χ2n) is 9.63. The van der Waals surface area contributed by atoms with Crippen LogP contribution in [0, 0.1) is 6.92 Å². The summed E-state index contributed by atoms with van der Waals surface area (Å²) in [6, 6.07) is 12.0. The van der Waals surface area contributed by atoms with Gasteiger partial charge in [-0.25, -0.2) is 4.79 Å². The highest BCUT2D eigenvalue weighted by atomic mass is 19.4. The minimum atomic E-state index is -4.46. The van der Waals surface area contributed by atoms with Crippen LogP contribution < -0.4 is 25.3 Å². The van der Waals surface area contributed by atoms with Gasteiger partial charge in [0.25, 0.3) is 0 Å². The molecule has 0 aliphatic carbocycles. The van der Waals surface area contributed by atoms with E-state index in [2.05, 4.69) is 5.32 Å². The molecule has 1 atom stereocenters. The Morgan fingerprint density at radius 1 is 1.02 bits per heavy atom. The number of nitrogens with zero attached hydrogens (tertiary/aromatic N) is 1. The van der Waals surface area contributed by atoms with Crippen molar-refractivity contribution in [3.05, 3.63) is 81.9 Å². The quantitative estimate of drug-likeness (QED) is 0.336. The molecule has 1 aliphatic heterocycles. The molecule has 2 amide bonds. The van der Waals surface area contributed by atoms with Crippen molar-refractivity contribution in [2.24, 2.45) is 0 Å². The van der Waals surface area contributed by atoms with Gasteiger partial charge in [0.2, 0.25) is 0 Å². The molecule has 0 radical (unpaired) electrons. The van der Waals surface area contributed by atoms with Crippen LogP contribution in [0.2, 0.25) is 0 Å². The number of methoxy groups -OCH3 is 2. The third-order valence-corrected chi connectivity index (χ3v) is 7.08. The summed E-state index contributed by atoms with van der Waals surface area (Å²) in [7, 11) is 3.11. The van der Waals surface area contributed by atoms with Gasteiger partial charge in [-0.2, -0.15) is 13.2 Å². The molecule has 3 aromatic rings. The SMILES string of the molecule is CCNC(=O)N1CCc2cc(OC)c(OCCc3ccc(N)c(OC)c3)cc2C1c1ccc(C(F)(F)F)cc1C. The number of hydrogen-bond acceptors (Lipinski definition) is 5. The summed E-state index contributed by atoms with van der Waals surface area (Å²) in [6.45, 7) is 4.60. The number of amides is 2. The van der Waals surface area contributed by atoms with Gasteiger partial charge in [-0.15, -0.1) is 0 Å². The molecule has 0 fully saturated rings. The Hall–Kier alpha value is -4.08. The molecule has 1 aliphatic rings. The highest BCUT2D eigenvalue weighted by Gasteiger charge is 2.36. The predicted molar refractivity (Wildman–Crippen MR) is 147 cm³/mol. The van der Waals surface area contributed by atoms with Crippen LogP contribution >= 0.6 is 0 Å². The number of ether oxygens (including phenoxy) is 3. The van der Waals surface area contributed by atoms with Crippen molar-refractivity contribution in [1.82, 2.24) is 10.2 Å². The number of aryl methyl sites for hydroxylation is 1. The van der Waals surface area contributed by atoms with Crippen molar-refractivity contribution in [1.29, 1.82) is 0 Å². The van der Waals surface area contributed by atoms with Gasteiger partial charge < -0.3 is 30.2 Å². The van der Waals surface area contributed by atoms with Crippen LogP contribution in [-0.4, -0.2) is 44.8 Å². The third kappa shape index (κ3) is 6.05. The number of benzene rings is 3. The van der Waals surface area contributed by atoms with Crippen LogP contribution in [0.4, 0.5) is 23.7 Å². The summed E-state index contributed by atoms with van der Waals surface area (Å²) in [5, 5.41) is 2.84. The lowest BCUT2D eigenvalue weighted by Gasteiger charge is -2.38. The Bertz CT molecular complexity index is 1380. The lowest BCUT2D eigenvalue weighted by molar-refractivity contribution is -0.137. The zero-order chi connectivity index (χ0) is 29.0. The van der Waals surface area contributed by atoms with Gasteiger partial charge in [-0.3, -0.25) is 0 Å². The van der Waals surface area contributed by atoms with Crippen LogP contribution in [0.25, 0.3) is 0 Å². The van der Waals surface area contributed by atoms with E-state index < -0.39 is 17.8 Å². The van der Waals surface area contributed by atoms with Gasteiger partial charge in [-0.05, 0) is 84.5 Å². The number of nitrogens with one attached hydrogen (secondary N) is 1. The fourth-order valence-electron chi connectivity index (χ4n) is 5.05. The molecule has 3 N–H and O–H groups in total. The second-order valence-corrected chi connectivity index (χ2v) is 9.63. The van der Waals surface area contributed by atoms with Crippen molar-refractivity contribution in [3.63, 3.8) is 0 Å². The van der Waals surface area contributed by atoms with Gasteiger partial charge in [0.05, 0.1) is 38.1 Å². The maximum absolute atomic E-state index is 13.4. The number of rotatable bonds is 8. The number of anilines is 1. The normalized spacial score (nSPS) is 14.9. The first kappa shape index (κ1) is 28.9. The summed E-state index contributed by atoms with van der Waals surface area (Å²) < 4.78 is 57.3. The molecule has 214 valence electrons. The smallest absolute Gasteiger partial charge is 0.416 e. The Balaban J connectivity index is 1.71. The third-order valence-electron chi connectivity index (χ3n) is 7.08. The van der Waals surface area contributed by atoms with E-state index in [1.807, 2.05) is 31.2 Å². The molecule has 3 aromatic carbocycles. The van der Waals surface area contributed by atoms with E-state index in [0.717, 1.165) is 28.8 Å². The minimum absolute atomic E-state index is 0.284. The lowest BCUT2D eigenvalue weighted by Crippen LogP contribution is -2.46. The number of carbonyl (C=O) groups excluding carboxylic acids is 1. The van der Waals surface area contributed by atoms with Crippen molar-refractivity contribution in [3.8, 4) is 17.2 Å². The number of alkyl halides is 3. The molecule has 7 nitrogen and oxygen atoms in total. The first-order chi connectivity index (χ1) is 19.1. The number of fused-ring (bicyclic) bond motifs is 1. The van der Waals surface area contributed by atoms with E-state index in [0.29, 0.717) is 66.6 Å². The van der Waals surface area contributed by atoms with Gasteiger partial charge in [-0.1, -0.05) is 12.1 Å². The Morgan fingerprint density at radius 3 is 2.42 bits per heavy atom. The monoisotopic (exact) mass is 557 g/mol. The molecule has 0 aromatic heterocycles. The molecular formula is C30H34F3N3O4. The molecule has 4 rings (SSSR count). The van der Waals surface area contributed by atoms with Crippen LogP contribution in [0.5, 0.6) is 17.2 Å². The summed E-state index contributed by atoms with van der Waals surface area (Å²) in [5.41, 5.74) is 9.49. The van der Waals surface area contributed by atoms with E-state index in [4.69, 9.17) is 19.9 Å². The lowest BCUT2D eigenvalue weighted by atomic mass is 9.85. The maximum atomic E-state index is 13.4. The zero-order valence-electron chi connectivity index (χ0n) is 23.0. The average molecular weight is 558 g/mol. The Morgan fingerprint density at radius 2 is 1.77 bits per heavy atom. The van der Waals surface area contributed by atoms with Gasteiger partial charge >= 0.3 is 12.2 Å². The van der Waals surface area contributed by atoms with Crippen molar-refractivity contribution < 1.29 is 32.2 Å². The minimum Gasteiger partial charge on any atom is -0.495 e. The van der Waals surface area contributed by atoms with Crippen LogP contribution in [0.3, 0.4) is 0 Å². The van der Waals surface area contributed by atoms with Crippen LogP contribution in [0.15, 0.2) is 48.5 Å². The van der Waals surface area contributed by atoms with E-state index in [1.165, 1.54) is 6.07 Å². The number of urea groups is 1. The maximum Gasteiger partial charge on any atom is 0.416 e. The molecule has 0 saturated heterocycles. The highest BCUT2D eigenvalue weighted by molar-refractivity contribution is 5.76. The molecule has 0 bridgehead atoms. The van der Waals surface area contributed by atoms with Gasteiger partial charge in [0, 0.05) is 19.5 Å². The van der Waals surface area contributed by atoms with Gasteiger partial charge in [0.15, 0.2) is 11.5 Å².